The van der Waals surface area contributed by atoms with Crippen molar-refractivity contribution in [3.63, 3.8) is 0 Å². The fraction of sp³-hybridized carbons (Fsp3) is 0.438. The van der Waals surface area contributed by atoms with Crippen LogP contribution in [0.1, 0.15) is 48.9 Å². The van der Waals surface area contributed by atoms with E-state index in [1.54, 1.807) is 12.1 Å². The highest BCUT2D eigenvalue weighted by atomic mass is 16.2. The molecule has 2 rings (SSSR count). The lowest BCUT2D eigenvalue weighted by Crippen LogP contribution is -2.41. The Morgan fingerprint density at radius 3 is 2.23 bits per heavy atom. The highest BCUT2D eigenvalue weighted by Gasteiger charge is 2.21. The van der Waals surface area contributed by atoms with Gasteiger partial charge in [-0.2, -0.15) is 0 Å². The topological polar surface area (TPSA) is 101 Å². The zero-order valence-electron chi connectivity index (χ0n) is 12.4. The van der Waals surface area contributed by atoms with Crippen molar-refractivity contribution in [1.82, 2.24) is 5.32 Å². The molecule has 0 aliphatic heterocycles. The van der Waals surface area contributed by atoms with Crippen LogP contribution in [-0.4, -0.2) is 23.8 Å². The van der Waals surface area contributed by atoms with Gasteiger partial charge in [-0.3, -0.25) is 14.4 Å². The summed E-state index contributed by atoms with van der Waals surface area (Å²) < 4.78 is 0. The summed E-state index contributed by atoms with van der Waals surface area (Å²) >= 11 is 0. The molecule has 0 saturated heterocycles. The standard InChI is InChI=1S/C16H21N3O3/c17-14(20)12-9-5-6-10-13(12)19-16(22)15(21)18-11-7-3-1-2-4-8-11/h5-6,9-11H,1-4,7-8H2,(H2,17,20)(H,18,21)(H,19,22). The smallest absolute Gasteiger partial charge is 0.313 e. The van der Waals surface area contributed by atoms with Gasteiger partial charge in [0.05, 0.1) is 11.3 Å². The van der Waals surface area contributed by atoms with Crippen LogP contribution in [0.4, 0.5) is 5.69 Å². The van der Waals surface area contributed by atoms with E-state index in [2.05, 4.69) is 10.6 Å². The third kappa shape index (κ3) is 4.31. The Kier molecular flexibility index (Phi) is 5.52. The maximum Gasteiger partial charge on any atom is 0.313 e. The van der Waals surface area contributed by atoms with Gasteiger partial charge in [0.2, 0.25) is 0 Å². The molecule has 1 aliphatic carbocycles. The molecule has 3 amide bonds. The summed E-state index contributed by atoms with van der Waals surface area (Å²) in [6.07, 6.45) is 6.27. The van der Waals surface area contributed by atoms with Crippen LogP contribution >= 0.6 is 0 Å². The minimum atomic E-state index is -0.780. The van der Waals surface area contributed by atoms with Crippen molar-refractivity contribution in [1.29, 1.82) is 0 Å². The van der Waals surface area contributed by atoms with E-state index in [1.807, 2.05) is 0 Å². The first-order valence-corrected chi connectivity index (χ1v) is 7.58. The van der Waals surface area contributed by atoms with E-state index in [9.17, 15) is 14.4 Å². The number of hydrogen-bond acceptors (Lipinski definition) is 3. The van der Waals surface area contributed by atoms with Crippen LogP contribution in [0.25, 0.3) is 0 Å². The SMILES string of the molecule is NC(=O)c1ccccc1NC(=O)C(=O)NC1CCCCCC1. The van der Waals surface area contributed by atoms with E-state index >= 15 is 0 Å². The Morgan fingerprint density at radius 1 is 0.955 bits per heavy atom. The maximum atomic E-state index is 12.0. The third-order valence-corrected chi connectivity index (χ3v) is 3.84. The van der Waals surface area contributed by atoms with Crippen molar-refractivity contribution in [2.24, 2.45) is 5.73 Å². The van der Waals surface area contributed by atoms with Crippen LogP contribution in [0.3, 0.4) is 0 Å². The monoisotopic (exact) mass is 303 g/mol. The third-order valence-electron chi connectivity index (χ3n) is 3.84. The van der Waals surface area contributed by atoms with Crippen LogP contribution in [0.15, 0.2) is 24.3 Å². The molecule has 22 heavy (non-hydrogen) atoms. The fourth-order valence-electron chi connectivity index (χ4n) is 2.66. The molecule has 0 unspecified atom stereocenters. The van der Waals surface area contributed by atoms with Crippen molar-refractivity contribution in [2.45, 2.75) is 44.6 Å². The second-order valence-corrected chi connectivity index (χ2v) is 5.53. The molecule has 0 aromatic heterocycles. The van der Waals surface area contributed by atoms with E-state index in [-0.39, 0.29) is 17.3 Å². The van der Waals surface area contributed by atoms with Crippen LogP contribution in [0.2, 0.25) is 0 Å². The molecule has 1 aromatic rings. The summed E-state index contributed by atoms with van der Waals surface area (Å²) in [5.41, 5.74) is 5.67. The summed E-state index contributed by atoms with van der Waals surface area (Å²) in [5, 5.41) is 5.21. The molecular weight excluding hydrogens is 282 g/mol. The summed E-state index contributed by atoms with van der Waals surface area (Å²) in [5.74, 6) is -2.11. The van der Waals surface area contributed by atoms with E-state index in [1.165, 1.54) is 25.0 Å². The quantitative estimate of drug-likeness (QED) is 0.583. The normalized spacial score (nSPS) is 15.6. The van der Waals surface area contributed by atoms with Crippen molar-refractivity contribution >= 4 is 23.4 Å². The lowest BCUT2D eigenvalue weighted by molar-refractivity contribution is -0.136. The van der Waals surface area contributed by atoms with Gasteiger partial charge < -0.3 is 16.4 Å². The van der Waals surface area contributed by atoms with Gasteiger partial charge in [0.15, 0.2) is 0 Å². The fourth-order valence-corrected chi connectivity index (χ4v) is 2.66. The van der Waals surface area contributed by atoms with E-state index in [0.29, 0.717) is 0 Å². The van der Waals surface area contributed by atoms with Gasteiger partial charge in [-0.25, -0.2) is 0 Å². The van der Waals surface area contributed by atoms with Gasteiger partial charge in [-0.05, 0) is 25.0 Å². The van der Waals surface area contributed by atoms with Crippen molar-refractivity contribution in [2.75, 3.05) is 5.32 Å². The number of nitrogens with two attached hydrogens (primary N) is 1. The number of benzene rings is 1. The molecule has 0 bridgehead atoms. The number of carbonyl (C=O) groups is 3. The van der Waals surface area contributed by atoms with Crippen LogP contribution in [-0.2, 0) is 9.59 Å². The first-order valence-electron chi connectivity index (χ1n) is 7.58. The summed E-state index contributed by atoms with van der Waals surface area (Å²) in [6, 6.07) is 6.39. The van der Waals surface area contributed by atoms with E-state index in [0.717, 1.165) is 25.7 Å². The van der Waals surface area contributed by atoms with Gasteiger partial charge >= 0.3 is 11.8 Å². The number of hydrogen-bond donors (Lipinski definition) is 3. The number of primary amides is 1. The van der Waals surface area contributed by atoms with Crippen LogP contribution in [0, 0.1) is 0 Å². The highest BCUT2D eigenvalue weighted by Crippen LogP contribution is 2.17. The molecule has 0 spiro atoms. The second-order valence-electron chi connectivity index (χ2n) is 5.53. The minimum absolute atomic E-state index is 0.0483. The Balaban J connectivity index is 1.96. The molecule has 0 radical (unpaired) electrons. The molecule has 0 heterocycles. The lowest BCUT2D eigenvalue weighted by atomic mass is 10.1. The molecular formula is C16H21N3O3. The summed E-state index contributed by atoms with van der Waals surface area (Å²) in [6.45, 7) is 0. The molecule has 1 saturated carbocycles. The Labute approximate surface area is 129 Å². The first-order chi connectivity index (χ1) is 10.6. The molecule has 1 fully saturated rings. The first kappa shape index (κ1) is 16.0. The Hall–Kier alpha value is -2.37. The van der Waals surface area contributed by atoms with Gasteiger partial charge in [0.1, 0.15) is 0 Å². The maximum absolute atomic E-state index is 12.0. The largest absolute Gasteiger partial charge is 0.366 e. The average molecular weight is 303 g/mol. The minimum Gasteiger partial charge on any atom is -0.366 e. The van der Waals surface area contributed by atoms with Gasteiger partial charge in [-0.15, -0.1) is 0 Å². The van der Waals surface area contributed by atoms with E-state index in [4.69, 9.17) is 5.73 Å². The van der Waals surface area contributed by atoms with Crippen molar-refractivity contribution in [3.8, 4) is 0 Å². The summed E-state index contributed by atoms with van der Waals surface area (Å²) in [4.78, 5) is 35.2. The Bertz CT molecular complexity index is 564. The lowest BCUT2D eigenvalue weighted by Gasteiger charge is -2.16. The average Bonchev–Trinajstić information content (AvgIpc) is 2.76. The molecule has 1 aliphatic rings. The van der Waals surface area contributed by atoms with Crippen molar-refractivity contribution < 1.29 is 14.4 Å². The number of anilines is 1. The van der Waals surface area contributed by atoms with Crippen LogP contribution < -0.4 is 16.4 Å². The van der Waals surface area contributed by atoms with Crippen molar-refractivity contribution in [3.05, 3.63) is 29.8 Å². The summed E-state index contributed by atoms with van der Waals surface area (Å²) in [7, 11) is 0. The van der Waals surface area contributed by atoms with Crippen LogP contribution in [0.5, 0.6) is 0 Å². The predicted molar refractivity (Wildman–Crippen MR) is 83.2 cm³/mol. The van der Waals surface area contributed by atoms with E-state index < -0.39 is 17.7 Å². The highest BCUT2D eigenvalue weighted by molar-refractivity contribution is 6.40. The number of rotatable bonds is 3. The zero-order chi connectivity index (χ0) is 15.9. The zero-order valence-corrected chi connectivity index (χ0v) is 12.4. The number of amides is 3. The van der Waals surface area contributed by atoms with Gasteiger partial charge in [0, 0.05) is 6.04 Å². The number of carbonyl (C=O) groups excluding carboxylic acids is 3. The van der Waals surface area contributed by atoms with Gasteiger partial charge in [-0.1, -0.05) is 37.8 Å². The molecule has 6 heteroatoms. The van der Waals surface area contributed by atoms with Gasteiger partial charge in [0.25, 0.3) is 5.91 Å². The molecule has 6 nitrogen and oxygen atoms in total. The molecule has 0 atom stereocenters. The molecule has 4 N–H and O–H groups in total. The molecule has 118 valence electrons. The Morgan fingerprint density at radius 2 is 1.59 bits per heavy atom. The predicted octanol–water partition coefficient (Wildman–Crippen LogP) is 1.56. The second kappa shape index (κ2) is 7.59. The number of nitrogens with one attached hydrogen (secondary N) is 2. The number of para-hydroxylation sites is 1. The molecule has 1 aromatic carbocycles.